The summed E-state index contributed by atoms with van der Waals surface area (Å²) >= 11 is 0. The fraction of sp³-hybridized carbons (Fsp3) is 0.235. The van der Waals surface area contributed by atoms with Crippen molar-refractivity contribution in [1.29, 1.82) is 0 Å². The van der Waals surface area contributed by atoms with Crippen LogP contribution in [-0.4, -0.2) is 34.3 Å². The van der Waals surface area contributed by atoms with Gasteiger partial charge in [0.15, 0.2) is 0 Å². The van der Waals surface area contributed by atoms with Crippen LogP contribution in [0.25, 0.3) is 22.2 Å². The van der Waals surface area contributed by atoms with Crippen LogP contribution in [0, 0.1) is 5.82 Å². The Morgan fingerprint density at radius 2 is 2.14 bits per heavy atom. The molecule has 1 aliphatic rings. The summed E-state index contributed by atoms with van der Waals surface area (Å²) in [4.78, 5) is 9.77. The molecule has 4 nitrogen and oxygen atoms in total. The van der Waals surface area contributed by atoms with Gasteiger partial charge in [-0.2, -0.15) is 0 Å². The molecule has 2 N–H and O–H groups in total. The molecule has 3 heterocycles. The third-order valence-electron chi connectivity index (χ3n) is 4.13. The summed E-state index contributed by atoms with van der Waals surface area (Å²) in [5.41, 5.74) is 2.66. The zero-order valence-electron chi connectivity index (χ0n) is 12.0. The molecule has 0 radical (unpaired) electrons. The number of nitrogens with one attached hydrogen (secondary N) is 1. The van der Waals surface area contributed by atoms with E-state index in [9.17, 15) is 9.50 Å². The van der Waals surface area contributed by atoms with Crippen LogP contribution in [0.15, 0.2) is 42.6 Å². The fourth-order valence-electron chi connectivity index (χ4n) is 2.94. The van der Waals surface area contributed by atoms with Crippen LogP contribution >= 0.6 is 0 Å². The molecule has 2 aromatic heterocycles. The van der Waals surface area contributed by atoms with Crippen LogP contribution in [0.1, 0.15) is 6.42 Å². The minimum absolute atomic E-state index is 0.248. The summed E-state index contributed by atoms with van der Waals surface area (Å²) in [6, 6.07) is 10.7. The quantitative estimate of drug-likeness (QED) is 0.764. The van der Waals surface area contributed by atoms with E-state index in [4.69, 9.17) is 0 Å². The van der Waals surface area contributed by atoms with E-state index in [1.54, 1.807) is 12.3 Å². The van der Waals surface area contributed by atoms with Crippen LogP contribution in [0.3, 0.4) is 0 Å². The Bertz CT molecular complexity index is 812. The number of anilines is 1. The fourth-order valence-corrected chi connectivity index (χ4v) is 2.94. The summed E-state index contributed by atoms with van der Waals surface area (Å²) < 4.78 is 13.2. The molecule has 1 fully saturated rings. The number of fused-ring (bicyclic) bond motifs is 1. The lowest BCUT2D eigenvalue weighted by atomic mass is 10.2. The number of aromatic nitrogens is 2. The number of nitrogens with zero attached hydrogens (tertiary/aromatic N) is 2. The Kier molecular flexibility index (Phi) is 3.08. The van der Waals surface area contributed by atoms with E-state index in [1.807, 2.05) is 18.2 Å². The van der Waals surface area contributed by atoms with Gasteiger partial charge in [0.05, 0.1) is 6.10 Å². The van der Waals surface area contributed by atoms with Gasteiger partial charge in [0.2, 0.25) is 0 Å². The van der Waals surface area contributed by atoms with Crippen molar-refractivity contribution in [1.82, 2.24) is 9.97 Å². The average Bonchev–Trinajstić information content (AvgIpc) is 3.13. The third kappa shape index (κ3) is 2.33. The topological polar surface area (TPSA) is 52.1 Å². The molecular weight excluding hydrogens is 281 g/mol. The Hall–Kier alpha value is -2.40. The summed E-state index contributed by atoms with van der Waals surface area (Å²) in [5.74, 6) is 0.629. The maximum atomic E-state index is 13.2. The number of β-amino-alcohol motifs (C(OH)–C–C–N with tert-alkyl or cyclic N) is 1. The van der Waals surface area contributed by atoms with Crippen LogP contribution in [0.4, 0.5) is 10.2 Å². The monoisotopic (exact) mass is 297 g/mol. The lowest BCUT2D eigenvalue weighted by Crippen LogP contribution is -2.21. The molecule has 1 atom stereocenters. The summed E-state index contributed by atoms with van der Waals surface area (Å²) in [7, 11) is 0. The SMILES string of the molecule is O[C@@H]1CCN(c2ccc(-c3cc4ccc(F)cc4[nH]3)cn2)C1. The molecule has 4 rings (SSSR count). The van der Waals surface area contributed by atoms with Crippen molar-refractivity contribution in [2.45, 2.75) is 12.5 Å². The highest BCUT2D eigenvalue weighted by Crippen LogP contribution is 2.26. The highest BCUT2D eigenvalue weighted by Gasteiger charge is 2.21. The molecule has 112 valence electrons. The van der Waals surface area contributed by atoms with E-state index in [0.29, 0.717) is 6.54 Å². The zero-order chi connectivity index (χ0) is 15.1. The van der Waals surface area contributed by atoms with Crippen molar-refractivity contribution < 1.29 is 9.50 Å². The number of benzene rings is 1. The Morgan fingerprint density at radius 1 is 1.23 bits per heavy atom. The highest BCUT2D eigenvalue weighted by molar-refractivity contribution is 5.85. The van der Waals surface area contributed by atoms with E-state index < -0.39 is 0 Å². The van der Waals surface area contributed by atoms with Gasteiger partial charge in [-0.15, -0.1) is 0 Å². The van der Waals surface area contributed by atoms with Gasteiger partial charge in [-0.05, 0) is 42.8 Å². The molecule has 5 heteroatoms. The van der Waals surface area contributed by atoms with Gasteiger partial charge in [0.1, 0.15) is 11.6 Å². The molecule has 22 heavy (non-hydrogen) atoms. The first-order valence-corrected chi connectivity index (χ1v) is 7.37. The van der Waals surface area contributed by atoms with Gasteiger partial charge in [-0.25, -0.2) is 9.37 Å². The van der Waals surface area contributed by atoms with E-state index in [1.165, 1.54) is 12.1 Å². The normalized spacial score (nSPS) is 18.3. The lowest BCUT2D eigenvalue weighted by Gasteiger charge is -2.16. The Balaban J connectivity index is 1.64. The second-order valence-corrected chi connectivity index (χ2v) is 5.71. The number of pyridine rings is 1. The number of aliphatic hydroxyl groups is 1. The van der Waals surface area contributed by atoms with Crippen LogP contribution in [-0.2, 0) is 0 Å². The van der Waals surface area contributed by atoms with E-state index in [0.717, 1.165) is 40.9 Å². The van der Waals surface area contributed by atoms with Gasteiger partial charge < -0.3 is 15.0 Å². The Labute approximate surface area is 127 Å². The first kappa shape index (κ1) is 13.3. The van der Waals surface area contributed by atoms with Gasteiger partial charge in [0, 0.05) is 41.4 Å². The molecule has 1 aliphatic heterocycles. The number of rotatable bonds is 2. The summed E-state index contributed by atoms with van der Waals surface area (Å²) in [6.07, 6.45) is 2.34. The maximum Gasteiger partial charge on any atom is 0.128 e. The van der Waals surface area contributed by atoms with E-state index in [-0.39, 0.29) is 11.9 Å². The second-order valence-electron chi connectivity index (χ2n) is 5.71. The van der Waals surface area contributed by atoms with Crippen LogP contribution in [0.5, 0.6) is 0 Å². The van der Waals surface area contributed by atoms with Crippen molar-refractivity contribution in [2.75, 3.05) is 18.0 Å². The minimum atomic E-state index is -0.259. The van der Waals surface area contributed by atoms with Crippen molar-refractivity contribution in [3.63, 3.8) is 0 Å². The second kappa shape index (κ2) is 5.10. The Morgan fingerprint density at radius 3 is 2.86 bits per heavy atom. The van der Waals surface area contributed by atoms with Crippen molar-refractivity contribution in [3.05, 3.63) is 48.4 Å². The molecule has 0 spiro atoms. The number of halogens is 1. The predicted molar refractivity (Wildman–Crippen MR) is 84.3 cm³/mol. The molecule has 0 bridgehead atoms. The maximum absolute atomic E-state index is 13.2. The number of H-pyrrole nitrogens is 1. The molecule has 3 aromatic rings. The molecule has 1 aromatic carbocycles. The van der Waals surface area contributed by atoms with Crippen molar-refractivity contribution in [2.24, 2.45) is 0 Å². The highest BCUT2D eigenvalue weighted by atomic mass is 19.1. The first-order chi connectivity index (χ1) is 10.7. The summed E-state index contributed by atoms with van der Waals surface area (Å²) in [5, 5.41) is 10.6. The molecule has 0 saturated carbocycles. The van der Waals surface area contributed by atoms with Crippen LogP contribution in [0.2, 0.25) is 0 Å². The minimum Gasteiger partial charge on any atom is -0.391 e. The molecule has 0 aliphatic carbocycles. The lowest BCUT2D eigenvalue weighted by molar-refractivity contribution is 0.198. The average molecular weight is 297 g/mol. The van der Waals surface area contributed by atoms with E-state index >= 15 is 0 Å². The molecule has 0 amide bonds. The molecule has 0 unspecified atom stereocenters. The van der Waals surface area contributed by atoms with Crippen molar-refractivity contribution in [3.8, 4) is 11.3 Å². The number of hydrogen-bond acceptors (Lipinski definition) is 3. The zero-order valence-corrected chi connectivity index (χ0v) is 12.0. The number of hydrogen-bond donors (Lipinski definition) is 2. The van der Waals surface area contributed by atoms with Crippen LogP contribution < -0.4 is 4.90 Å². The van der Waals surface area contributed by atoms with Gasteiger partial charge in [-0.3, -0.25) is 0 Å². The third-order valence-corrected chi connectivity index (χ3v) is 4.13. The smallest absolute Gasteiger partial charge is 0.128 e. The summed E-state index contributed by atoms with van der Waals surface area (Å²) in [6.45, 7) is 1.47. The predicted octanol–water partition coefficient (Wildman–Crippen LogP) is 2.94. The molecular formula is C17H16FN3O. The van der Waals surface area contributed by atoms with Gasteiger partial charge >= 0.3 is 0 Å². The largest absolute Gasteiger partial charge is 0.391 e. The van der Waals surface area contributed by atoms with Crippen molar-refractivity contribution >= 4 is 16.7 Å². The van der Waals surface area contributed by atoms with E-state index in [2.05, 4.69) is 14.9 Å². The standard InChI is InChI=1S/C17H16FN3O/c18-13-3-1-11-7-15(20-16(11)8-13)12-2-4-17(19-9-12)21-6-5-14(22)10-21/h1-4,7-9,14,20,22H,5-6,10H2/t14-/m1/s1. The number of aliphatic hydroxyl groups excluding tert-OH is 1. The first-order valence-electron chi connectivity index (χ1n) is 7.37. The van der Waals surface area contributed by atoms with Gasteiger partial charge in [0.25, 0.3) is 0 Å². The number of aromatic amines is 1. The van der Waals surface area contributed by atoms with Gasteiger partial charge in [-0.1, -0.05) is 0 Å². The molecule has 1 saturated heterocycles.